The van der Waals surface area contributed by atoms with Crippen LogP contribution >= 0.6 is 0 Å². The summed E-state index contributed by atoms with van der Waals surface area (Å²) in [4.78, 5) is 11.1. The molecule has 1 aromatic carbocycles. The Balaban J connectivity index is 1.84. The third kappa shape index (κ3) is 3.37. The summed E-state index contributed by atoms with van der Waals surface area (Å²) in [6.45, 7) is 7.01. The molecule has 0 spiro atoms. The lowest BCUT2D eigenvalue weighted by Gasteiger charge is -2.37. The summed E-state index contributed by atoms with van der Waals surface area (Å²) in [5.74, 6) is 0.339. The molecule has 4 heteroatoms. The highest BCUT2D eigenvalue weighted by Crippen LogP contribution is 2.44. The number of hydrogen-bond acceptors (Lipinski definition) is 2. The highest BCUT2D eigenvalue weighted by atomic mass is 16.4. The van der Waals surface area contributed by atoms with E-state index in [-0.39, 0.29) is 5.69 Å². The number of aromatic amines is 1. The van der Waals surface area contributed by atoms with E-state index in [2.05, 4.69) is 43.1 Å². The summed E-state index contributed by atoms with van der Waals surface area (Å²) < 4.78 is 0. The van der Waals surface area contributed by atoms with Gasteiger partial charge in [-0.25, -0.2) is 4.79 Å². The zero-order valence-electron chi connectivity index (χ0n) is 14.7. The smallest absolute Gasteiger partial charge is 0.353 e. The summed E-state index contributed by atoms with van der Waals surface area (Å²) in [6, 6.07) is 9.91. The quantitative estimate of drug-likeness (QED) is 0.825. The molecule has 0 radical (unpaired) electrons. The van der Waals surface area contributed by atoms with Gasteiger partial charge in [0, 0.05) is 5.56 Å². The topological polar surface area (TPSA) is 66.0 Å². The molecule has 0 bridgehead atoms. The number of H-pyrrole nitrogens is 1. The summed E-state index contributed by atoms with van der Waals surface area (Å²) in [7, 11) is 0. The number of rotatable bonds is 3. The van der Waals surface area contributed by atoms with Gasteiger partial charge in [0.05, 0.1) is 5.69 Å². The minimum Gasteiger partial charge on any atom is -0.477 e. The first-order chi connectivity index (χ1) is 11.4. The lowest BCUT2D eigenvalue weighted by molar-refractivity contribution is 0.0690. The second-order valence-corrected chi connectivity index (χ2v) is 7.97. The van der Waals surface area contributed by atoms with Gasteiger partial charge in [-0.3, -0.25) is 5.10 Å². The number of aromatic nitrogens is 2. The van der Waals surface area contributed by atoms with Crippen LogP contribution in [0.4, 0.5) is 0 Å². The van der Waals surface area contributed by atoms with Crippen molar-refractivity contribution in [1.29, 1.82) is 0 Å². The Bertz CT molecular complexity index is 719. The average molecular weight is 326 g/mol. The van der Waals surface area contributed by atoms with Crippen LogP contribution in [0.1, 0.15) is 68.4 Å². The van der Waals surface area contributed by atoms with E-state index < -0.39 is 5.97 Å². The summed E-state index contributed by atoms with van der Waals surface area (Å²) in [5.41, 5.74) is 3.59. The molecule has 2 N–H and O–H groups in total. The maximum atomic E-state index is 11.1. The van der Waals surface area contributed by atoms with Gasteiger partial charge in [0.1, 0.15) is 5.69 Å². The van der Waals surface area contributed by atoms with Gasteiger partial charge in [0.15, 0.2) is 0 Å². The molecule has 0 aliphatic heterocycles. The maximum Gasteiger partial charge on any atom is 0.353 e. The Hall–Kier alpha value is -2.10. The van der Waals surface area contributed by atoms with E-state index in [0.29, 0.717) is 11.3 Å². The number of hydrogen-bond donors (Lipinski definition) is 2. The van der Waals surface area contributed by atoms with Crippen LogP contribution in [0.5, 0.6) is 0 Å². The number of aromatic carboxylic acids is 1. The molecular formula is C20H26N2O2. The van der Waals surface area contributed by atoms with Crippen LogP contribution in [-0.2, 0) is 0 Å². The van der Waals surface area contributed by atoms with Gasteiger partial charge in [-0.1, -0.05) is 45.0 Å². The van der Waals surface area contributed by atoms with Crippen molar-refractivity contribution in [3.63, 3.8) is 0 Å². The van der Waals surface area contributed by atoms with Crippen molar-refractivity contribution in [2.24, 2.45) is 11.3 Å². The second kappa shape index (κ2) is 6.42. The minimum atomic E-state index is -0.975. The predicted octanol–water partition coefficient (Wildman–Crippen LogP) is 5.09. The van der Waals surface area contributed by atoms with Crippen LogP contribution in [0, 0.1) is 11.3 Å². The van der Waals surface area contributed by atoms with E-state index >= 15 is 0 Å². The molecule has 1 aliphatic rings. The molecule has 1 heterocycles. The first kappa shape index (κ1) is 16.7. The number of carbonyl (C=O) groups is 1. The molecule has 0 amide bonds. The molecule has 24 heavy (non-hydrogen) atoms. The maximum absolute atomic E-state index is 11.1. The van der Waals surface area contributed by atoms with Crippen molar-refractivity contribution in [3.05, 3.63) is 41.6 Å². The Morgan fingerprint density at radius 1 is 1.17 bits per heavy atom. The largest absolute Gasteiger partial charge is 0.477 e. The molecule has 0 saturated heterocycles. The first-order valence-corrected chi connectivity index (χ1v) is 8.74. The van der Waals surface area contributed by atoms with Crippen LogP contribution < -0.4 is 0 Å². The van der Waals surface area contributed by atoms with Gasteiger partial charge in [-0.15, -0.1) is 0 Å². The van der Waals surface area contributed by atoms with E-state index in [1.165, 1.54) is 31.2 Å². The van der Waals surface area contributed by atoms with Gasteiger partial charge < -0.3 is 5.11 Å². The monoisotopic (exact) mass is 326 g/mol. The Kier molecular flexibility index (Phi) is 4.48. The lowest BCUT2D eigenvalue weighted by Crippen LogP contribution is -2.25. The van der Waals surface area contributed by atoms with Crippen LogP contribution in [0.3, 0.4) is 0 Å². The molecule has 2 aromatic rings. The van der Waals surface area contributed by atoms with Crippen molar-refractivity contribution in [2.45, 2.75) is 52.4 Å². The Labute approximate surface area is 143 Å². The molecule has 128 valence electrons. The van der Waals surface area contributed by atoms with E-state index in [1.54, 1.807) is 6.07 Å². The second-order valence-electron chi connectivity index (χ2n) is 7.97. The zero-order valence-corrected chi connectivity index (χ0v) is 14.7. The fourth-order valence-electron chi connectivity index (χ4n) is 3.93. The molecule has 1 aromatic heterocycles. The third-order valence-corrected chi connectivity index (χ3v) is 5.44. The zero-order chi connectivity index (χ0) is 17.3. The van der Waals surface area contributed by atoms with Crippen LogP contribution in [0.25, 0.3) is 11.3 Å². The summed E-state index contributed by atoms with van der Waals surface area (Å²) in [6.07, 6.45) is 4.89. The fourth-order valence-corrected chi connectivity index (χ4v) is 3.93. The van der Waals surface area contributed by atoms with Crippen molar-refractivity contribution in [2.75, 3.05) is 0 Å². The van der Waals surface area contributed by atoms with Gasteiger partial charge in [-0.05, 0) is 54.6 Å². The molecular weight excluding hydrogens is 300 g/mol. The standard InChI is InChI=1S/C20H26N2O2/c1-20(2,3)14-10-8-13(9-11-14)15-6-4-5-7-16(15)17-12-18(19(23)24)22-21-17/h4-7,12-14H,8-11H2,1-3H3,(H,21,22)(H,23,24). The van der Waals surface area contributed by atoms with Gasteiger partial charge >= 0.3 is 5.97 Å². The number of carboxylic acid groups (broad SMARTS) is 1. The van der Waals surface area contributed by atoms with Crippen molar-refractivity contribution >= 4 is 5.97 Å². The molecule has 0 atom stereocenters. The molecule has 1 saturated carbocycles. The molecule has 3 rings (SSSR count). The van der Waals surface area contributed by atoms with Crippen LogP contribution in [0.2, 0.25) is 0 Å². The molecule has 1 fully saturated rings. The molecule has 1 aliphatic carbocycles. The average Bonchev–Trinajstić information content (AvgIpc) is 3.04. The highest BCUT2D eigenvalue weighted by Gasteiger charge is 2.31. The van der Waals surface area contributed by atoms with Crippen molar-refractivity contribution in [3.8, 4) is 11.3 Å². The van der Waals surface area contributed by atoms with Crippen LogP contribution in [-0.4, -0.2) is 21.3 Å². The van der Waals surface area contributed by atoms with E-state index in [4.69, 9.17) is 5.11 Å². The Morgan fingerprint density at radius 2 is 1.83 bits per heavy atom. The summed E-state index contributed by atoms with van der Waals surface area (Å²) >= 11 is 0. The SMILES string of the molecule is CC(C)(C)C1CCC(c2ccccc2-c2cc(C(=O)O)[nH]n2)CC1. The Morgan fingerprint density at radius 3 is 2.42 bits per heavy atom. The lowest BCUT2D eigenvalue weighted by atomic mass is 9.68. The van der Waals surface area contributed by atoms with Gasteiger partial charge in [0.25, 0.3) is 0 Å². The van der Waals surface area contributed by atoms with Gasteiger partial charge in [0.2, 0.25) is 0 Å². The van der Waals surface area contributed by atoms with Crippen molar-refractivity contribution in [1.82, 2.24) is 10.2 Å². The fraction of sp³-hybridized carbons (Fsp3) is 0.500. The third-order valence-electron chi connectivity index (χ3n) is 5.44. The van der Waals surface area contributed by atoms with E-state index in [1.807, 2.05) is 12.1 Å². The minimum absolute atomic E-state index is 0.135. The van der Waals surface area contributed by atoms with Crippen molar-refractivity contribution < 1.29 is 9.90 Å². The van der Waals surface area contributed by atoms with Crippen LogP contribution in [0.15, 0.2) is 30.3 Å². The van der Waals surface area contributed by atoms with E-state index in [0.717, 1.165) is 17.2 Å². The number of nitrogens with zero attached hydrogens (tertiary/aromatic N) is 1. The summed E-state index contributed by atoms with van der Waals surface area (Å²) in [5, 5.41) is 15.9. The normalized spacial score (nSPS) is 21.6. The highest BCUT2D eigenvalue weighted by molar-refractivity contribution is 5.87. The number of nitrogens with one attached hydrogen (secondary N) is 1. The number of benzene rings is 1. The number of carboxylic acids is 1. The predicted molar refractivity (Wildman–Crippen MR) is 95.1 cm³/mol. The first-order valence-electron chi connectivity index (χ1n) is 8.74. The van der Waals surface area contributed by atoms with E-state index in [9.17, 15) is 4.79 Å². The molecule has 0 unspecified atom stereocenters. The molecule has 4 nitrogen and oxygen atoms in total. The van der Waals surface area contributed by atoms with Gasteiger partial charge in [-0.2, -0.15) is 5.10 Å².